The summed E-state index contributed by atoms with van der Waals surface area (Å²) in [6.45, 7) is 6.16. The van der Waals surface area contributed by atoms with Gasteiger partial charge >= 0.3 is 6.09 Å². The minimum Gasteiger partial charge on any atom is -0.465 e. The highest BCUT2D eigenvalue weighted by Gasteiger charge is 2.36. The highest BCUT2D eigenvalue weighted by atomic mass is 16.4. The largest absolute Gasteiger partial charge is 0.465 e. The third-order valence-electron chi connectivity index (χ3n) is 5.99. The summed E-state index contributed by atoms with van der Waals surface area (Å²) in [7, 11) is 0. The summed E-state index contributed by atoms with van der Waals surface area (Å²) in [4.78, 5) is 31.5. The van der Waals surface area contributed by atoms with Gasteiger partial charge in [-0.15, -0.1) is 10.2 Å². The highest BCUT2D eigenvalue weighted by Crippen LogP contribution is 2.35. The van der Waals surface area contributed by atoms with E-state index < -0.39 is 6.09 Å². The van der Waals surface area contributed by atoms with Crippen LogP contribution in [0.4, 0.5) is 4.79 Å². The number of nitrogens with one attached hydrogen (secondary N) is 3. The van der Waals surface area contributed by atoms with Gasteiger partial charge in [-0.1, -0.05) is 20.8 Å². The van der Waals surface area contributed by atoms with Gasteiger partial charge in [0, 0.05) is 18.3 Å². The van der Waals surface area contributed by atoms with E-state index in [1.165, 1.54) is 0 Å². The Morgan fingerprint density at radius 1 is 1.27 bits per heavy atom. The van der Waals surface area contributed by atoms with E-state index in [2.05, 4.69) is 51.6 Å². The number of aromatic nitrogens is 5. The van der Waals surface area contributed by atoms with Crippen LogP contribution >= 0.6 is 0 Å². The number of carboxylic acid groups (broad SMARTS) is 1. The average molecular weight is 413 g/mol. The molecule has 1 aliphatic carbocycles. The maximum Gasteiger partial charge on any atom is 0.404 e. The van der Waals surface area contributed by atoms with Crippen LogP contribution in [-0.2, 0) is 0 Å². The molecule has 1 saturated carbocycles. The molecule has 1 unspecified atom stereocenters. The van der Waals surface area contributed by atoms with Crippen molar-refractivity contribution >= 4 is 28.8 Å². The molecule has 1 aliphatic rings. The normalized spacial score (nSPS) is 20.9. The first-order chi connectivity index (χ1) is 14.2. The lowest BCUT2D eigenvalue weighted by molar-refractivity contribution is 0.0904. The maximum absolute atomic E-state index is 13.0. The second-order valence-electron chi connectivity index (χ2n) is 9.10. The number of H-pyrrole nitrogens is 1. The van der Waals surface area contributed by atoms with Crippen LogP contribution in [0.1, 0.15) is 56.8 Å². The summed E-state index contributed by atoms with van der Waals surface area (Å²) in [5, 5.41) is 22.9. The van der Waals surface area contributed by atoms with Crippen LogP contribution in [0, 0.1) is 11.3 Å². The number of rotatable bonds is 4. The number of carbonyl (C=O) groups excluding carboxylic acids is 1. The van der Waals surface area contributed by atoms with E-state index in [1.54, 1.807) is 23.1 Å². The van der Waals surface area contributed by atoms with Crippen LogP contribution in [0.15, 0.2) is 18.7 Å². The standard InChI is InChI=1S/C20H27N7O3/c1-20(2,3)16(25-19(29)30)11-4-6-12(7-5-11)24-18(28)13-8-21-17-15(13)27-10-23-26-14(27)9-22-17/h8-12,16,21,25H,4-7H2,1-3H3,(H,24,28)(H,29,30). The number of fused-ring (bicyclic) bond motifs is 3. The van der Waals surface area contributed by atoms with E-state index in [0.29, 0.717) is 22.4 Å². The SMILES string of the molecule is CC(C)(C)C(NC(=O)O)C1CCC(NC(=O)c2c[nH]c3ncc4nncn4c23)CC1. The Morgan fingerprint density at radius 3 is 2.67 bits per heavy atom. The van der Waals surface area contributed by atoms with Gasteiger partial charge in [-0.05, 0) is 37.0 Å². The second-order valence-corrected chi connectivity index (χ2v) is 9.10. The number of aromatic amines is 1. The van der Waals surface area contributed by atoms with Gasteiger partial charge in [0.2, 0.25) is 0 Å². The zero-order chi connectivity index (χ0) is 21.5. The Labute approximate surface area is 173 Å². The van der Waals surface area contributed by atoms with E-state index in [-0.39, 0.29) is 29.3 Å². The fourth-order valence-electron chi connectivity index (χ4n) is 4.58. The third-order valence-corrected chi connectivity index (χ3v) is 5.99. The zero-order valence-electron chi connectivity index (χ0n) is 17.3. The van der Waals surface area contributed by atoms with Crippen molar-refractivity contribution in [1.82, 2.24) is 35.2 Å². The summed E-state index contributed by atoms with van der Waals surface area (Å²) in [6.07, 6.45) is 7.18. The Bertz CT molecular complexity index is 1070. The first kappa shape index (κ1) is 20.1. The summed E-state index contributed by atoms with van der Waals surface area (Å²) in [6, 6.07) is -0.0643. The van der Waals surface area contributed by atoms with E-state index in [4.69, 9.17) is 0 Å². The van der Waals surface area contributed by atoms with Crippen LogP contribution in [0.25, 0.3) is 16.8 Å². The number of amides is 2. The lowest BCUT2D eigenvalue weighted by atomic mass is 9.72. The topological polar surface area (TPSA) is 137 Å². The van der Waals surface area contributed by atoms with Crippen molar-refractivity contribution in [3.05, 3.63) is 24.3 Å². The molecular formula is C20H27N7O3. The first-order valence-electron chi connectivity index (χ1n) is 10.2. The molecule has 0 radical (unpaired) electrons. The molecule has 3 aromatic rings. The second kappa shape index (κ2) is 7.58. The first-order valence-corrected chi connectivity index (χ1v) is 10.2. The predicted molar refractivity (Wildman–Crippen MR) is 110 cm³/mol. The van der Waals surface area contributed by atoms with Crippen LogP contribution in [0.3, 0.4) is 0 Å². The van der Waals surface area contributed by atoms with Crippen molar-refractivity contribution in [2.24, 2.45) is 11.3 Å². The van der Waals surface area contributed by atoms with Crippen molar-refractivity contribution in [2.45, 2.75) is 58.5 Å². The minimum absolute atomic E-state index is 0.0530. The van der Waals surface area contributed by atoms with Crippen molar-refractivity contribution in [1.29, 1.82) is 0 Å². The Balaban J connectivity index is 1.44. The van der Waals surface area contributed by atoms with Crippen LogP contribution in [0.5, 0.6) is 0 Å². The smallest absolute Gasteiger partial charge is 0.404 e. The molecule has 1 fully saturated rings. The number of hydrogen-bond acceptors (Lipinski definition) is 5. The number of nitrogens with zero attached hydrogens (tertiary/aromatic N) is 4. The summed E-state index contributed by atoms with van der Waals surface area (Å²) in [5.74, 6) is 0.0897. The average Bonchev–Trinajstić information content (AvgIpc) is 3.32. The molecule has 0 spiro atoms. The van der Waals surface area contributed by atoms with Gasteiger partial charge in [-0.3, -0.25) is 9.20 Å². The molecule has 0 aromatic carbocycles. The van der Waals surface area contributed by atoms with Crippen molar-refractivity contribution in [3.63, 3.8) is 0 Å². The molecule has 1 atom stereocenters. The summed E-state index contributed by atoms with van der Waals surface area (Å²) < 4.78 is 1.75. The fraction of sp³-hybridized carbons (Fsp3) is 0.550. The molecule has 0 bridgehead atoms. The lowest BCUT2D eigenvalue weighted by Crippen LogP contribution is -2.50. The molecule has 3 heterocycles. The van der Waals surface area contributed by atoms with E-state index in [1.807, 2.05) is 0 Å². The van der Waals surface area contributed by atoms with Gasteiger partial charge in [0.15, 0.2) is 11.3 Å². The molecule has 0 saturated heterocycles. The van der Waals surface area contributed by atoms with Crippen molar-refractivity contribution in [2.75, 3.05) is 0 Å². The van der Waals surface area contributed by atoms with Gasteiger partial charge in [-0.25, -0.2) is 9.78 Å². The molecule has 4 rings (SSSR count). The summed E-state index contributed by atoms with van der Waals surface area (Å²) >= 11 is 0. The van der Waals surface area contributed by atoms with Crippen LogP contribution in [0.2, 0.25) is 0 Å². The van der Waals surface area contributed by atoms with Gasteiger partial charge < -0.3 is 20.7 Å². The molecule has 10 heteroatoms. The van der Waals surface area contributed by atoms with Crippen molar-refractivity contribution in [3.8, 4) is 0 Å². The molecule has 3 aromatic heterocycles. The van der Waals surface area contributed by atoms with Gasteiger partial charge in [-0.2, -0.15) is 0 Å². The lowest BCUT2D eigenvalue weighted by Gasteiger charge is -2.40. The Morgan fingerprint density at radius 2 is 2.00 bits per heavy atom. The molecule has 0 aliphatic heterocycles. The van der Waals surface area contributed by atoms with Gasteiger partial charge in [0.1, 0.15) is 11.8 Å². The fourth-order valence-corrected chi connectivity index (χ4v) is 4.58. The van der Waals surface area contributed by atoms with Gasteiger partial charge in [0.25, 0.3) is 5.91 Å². The Kier molecular flexibility index (Phi) is 5.08. The Hall–Kier alpha value is -3.17. The third kappa shape index (κ3) is 3.81. The zero-order valence-corrected chi connectivity index (χ0v) is 17.3. The van der Waals surface area contributed by atoms with Crippen LogP contribution in [-0.4, -0.2) is 53.8 Å². The van der Waals surface area contributed by atoms with Crippen LogP contribution < -0.4 is 10.6 Å². The number of hydrogen-bond donors (Lipinski definition) is 4. The molecular weight excluding hydrogens is 386 g/mol. The molecule has 30 heavy (non-hydrogen) atoms. The number of carbonyl (C=O) groups is 2. The molecule has 160 valence electrons. The predicted octanol–water partition coefficient (Wildman–Crippen LogP) is 2.58. The van der Waals surface area contributed by atoms with E-state index in [9.17, 15) is 14.7 Å². The van der Waals surface area contributed by atoms with Crippen molar-refractivity contribution < 1.29 is 14.7 Å². The van der Waals surface area contributed by atoms with E-state index in [0.717, 1.165) is 25.7 Å². The maximum atomic E-state index is 13.0. The molecule has 10 nitrogen and oxygen atoms in total. The summed E-state index contributed by atoms with van der Waals surface area (Å²) in [5.41, 5.74) is 2.17. The monoisotopic (exact) mass is 413 g/mol. The molecule has 4 N–H and O–H groups in total. The quantitative estimate of drug-likeness (QED) is 0.519. The molecule has 2 amide bonds. The highest BCUT2D eigenvalue weighted by molar-refractivity contribution is 6.05. The van der Waals surface area contributed by atoms with Gasteiger partial charge in [0.05, 0.1) is 11.8 Å². The minimum atomic E-state index is -0.987. The van der Waals surface area contributed by atoms with E-state index >= 15 is 0 Å².